The molecule has 0 atom stereocenters. The van der Waals surface area contributed by atoms with Gasteiger partial charge in [-0.05, 0) is 24.0 Å². The zero-order valence-corrected chi connectivity index (χ0v) is 16.7. The highest BCUT2D eigenvalue weighted by Gasteiger charge is 2.60. The van der Waals surface area contributed by atoms with Gasteiger partial charge in [-0.3, -0.25) is 9.38 Å². The van der Waals surface area contributed by atoms with Crippen molar-refractivity contribution in [3.8, 4) is 5.82 Å². The van der Waals surface area contributed by atoms with Gasteiger partial charge in [0.2, 0.25) is 0 Å². The molecule has 0 aromatic carbocycles. The number of nitrogens with zero attached hydrogens (tertiary/aromatic N) is 5. The Hall–Kier alpha value is -2.90. The molecule has 4 aromatic heterocycles. The van der Waals surface area contributed by atoms with Crippen molar-refractivity contribution in [1.82, 2.24) is 24.1 Å². The molecule has 5 nitrogen and oxygen atoms in total. The lowest BCUT2D eigenvalue weighted by atomic mass is 10.2. The predicted octanol–water partition coefficient (Wildman–Crippen LogP) is 5.85. The van der Waals surface area contributed by atoms with E-state index in [0.717, 1.165) is 34.9 Å². The molecular formula is C18H11F8N5S. The first-order valence-electron chi connectivity index (χ1n) is 8.86. The Morgan fingerprint density at radius 3 is 2.34 bits per heavy atom. The standard InChI is InChI=1S/C18H11F8N5S/c1-2-32-15-14(28-13-4-3-10(8-30(13)15)17(21,22)23)31-7-9-6-27-12(5-11(9)29-31)16(19,20)18(24,25)26/h3-8H,2H2,1H3. The topological polar surface area (TPSA) is 48.0 Å². The minimum atomic E-state index is -5.83. The molecule has 0 bridgehead atoms. The molecule has 0 radical (unpaired) electrons. The van der Waals surface area contributed by atoms with Crippen molar-refractivity contribution in [1.29, 1.82) is 0 Å². The molecule has 0 N–H and O–H groups in total. The van der Waals surface area contributed by atoms with Crippen molar-refractivity contribution in [2.45, 2.75) is 30.2 Å². The summed E-state index contributed by atoms with van der Waals surface area (Å²) >= 11 is 1.16. The number of alkyl halides is 8. The van der Waals surface area contributed by atoms with Crippen LogP contribution in [0.2, 0.25) is 0 Å². The summed E-state index contributed by atoms with van der Waals surface area (Å²) in [5.41, 5.74) is -2.46. The Bertz CT molecular complexity index is 1300. The van der Waals surface area contributed by atoms with Crippen LogP contribution in [0.25, 0.3) is 22.4 Å². The first kappa shape index (κ1) is 22.3. The van der Waals surface area contributed by atoms with E-state index in [0.29, 0.717) is 11.8 Å². The van der Waals surface area contributed by atoms with Crippen molar-refractivity contribution >= 4 is 28.3 Å². The Labute approximate surface area is 178 Å². The van der Waals surface area contributed by atoms with E-state index in [9.17, 15) is 35.1 Å². The van der Waals surface area contributed by atoms with Gasteiger partial charge >= 0.3 is 18.3 Å². The van der Waals surface area contributed by atoms with E-state index >= 15 is 0 Å². The van der Waals surface area contributed by atoms with Crippen LogP contribution in [0.15, 0.2) is 41.8 Å². The van der Waals surface area contributed by atoms with Crippen molar-refractivity contribution in [2.24, 2.45) is 0 Å². The Balaban J connectivity index is 1.86. The van der Waals surface area contributed by atoms with Gasteiger partial charge in [0.15, 0.2) is 5.82 Å². The molecule has 0 spiro atoms. The van der Waals surface area contributed by atoms with Gasteiger partial charge in [0, 0.05) is 24.0 Å². The highest BCUT2D eigenvalue weighted by molar-refractivity contribution is 7.99. The number of aromatic nitrogens is 5. The molecule has 4 heterocycles. The smallest absolute Gasteiger partial charge is 0.292 e. The lowest BCUT2D eigenvalue weighted by Gasteiger charge is -2.18. The summed E-state index contributed by atoms with van der Waals surface area (Å²) in [5.74, 6) is -4.62. The molecule has 0 saturated heterocycles. The van der Waals surface area contributed by atoms with Crippen molar-refractivity contribution < 1.29 is 35.1 Å². The summed E-state index contributed by atoms with van der Waals surface area (Å²) in [4.78, 5) is 7.47. The van der Waals surface area contributed by atoms with Gasteiger partial charge in [0.25, 0.3) is 0 Å². The number of rotatable bonds is 4. The lowest BCUT2D eigenvalue weighted by Crippen LogP contribution is -2.34. The third-order valence-electron chi connectivity index (χ3n) is 4.45. The van der Waals surface area contributed by atoms with E-state index in [-0.39, 0.29) is 27.4 Å². The average molecular weight is 481 g/mol. The van der Waals surface area contributed by atoms with Crippen molar-refractivity contribution in [3.63, 3.8) is 0 Å². The van der Waals surface area contributed by atoms with Gasteiger partial charge in [-0.2, -0.15) is 40.2 Å². The Kier molecular flexibility index (Phi) is 5.10. The average Bonchev–Trinajstić information content (AvgIpc) is 3.27. The number of hydrogen-bond donors (Lipinski definition) is 0. The van der Waals surface area contributed by atoms with Crippen LogP contribution in [0.5, 0.6) is 0 Å². The van der Waals surface area contributed by atoms with Crippen LogP contribution in [0.1, 0.15) is 18.2 Å². The van der Waals surface area contributed by atoms with E-state index in [1.807, 2.05) is 0 Å². The van der Waals surface area contributed by atoms with Gasteiger partial charge < -0.3 is 0 Å². The molecule has 4 aromatic rings. The Morgan fingerprint density at radius 1 is 1.00 bits per heavy atom. The second-order valence-corrected chi connectivity index (χ2v) is 7.84. The van der Waals surface area contributed by atoms with Crippen LogP contribution < -0.4 is 0 Å². The number of fused-ring (bicyclic) bond motifs is 2. The van der Waals surface area contributed by atoms with Crippen LogP contribution >= 0.6 is 11.8 Å². The zero-order chi connectivity index (χ0) is 23.5. The highest BCUT2D eigenvalue weighted by atomic mass is 32.2. The fraction of sp³-hybridized carbons (Fsp3) is 0.278. The quantitative estimate of drug-likeness (QED) is 0.271. The highest BCUT2D eigenvalue weighted by Crippen LogP contribution is 2.43. The fourth-order valence-corrected chi connectivity index (χ4v) is 3.77. The Morgan fingerprint density at radius 2 is 1.72 bits per heavy atom. The number of imidazole rings is 1. The minimum absolute atomic E-state index is 0.0940. The molecule has 0 aliphatic rings. The normalized spacial score (nSPS) is 13.4. The number of halogens is 8. The van der Waals surface area contributed by atoms with Gasteiger partial charge in [0.1, 0.15) is 16.4 Å². The molecule has 0 amide bonds. The number of pyridine rings is 2. The van der Waals surface area contributed by atoms with E-state index in [4.69, 9.17) is 0 Å². The summed E-state index contributed by atoms with van der Waals surface area (Å²) in [6.45, 7) is 1.76. The van der Waals surface area contributed by atoms with E-state index < -0.39 is 29.5 Å². The number of thioether (sulfide) groups is 1. The summed E-state index contributed by atoms with van der Waals surface area (Å²) < 4.78 is 107. The van der Waals surface area contributed by atoms with Crippen molar-refractivity contribution in [2.75, 3.05) is 5.75 Å². The molecule has 170 valence electrons. The third-order valence-corrected chi connectivity index (χ3v) is 5.39. The van der Waals surface area contributed by atoms with Gasteiger partial charge in [0.05, 0.1) is 11.1 Å². The number of hydrogen-bond acceptors (Lipinski definition) is 4. The molecule has 32 heavy (non-hydrogen) atoms. The predicted molar refractivity (Wildman–Crippen MR) is 99.0 cm³/mol. The maximum absolute atomic E-state index is 13.6. The second kappa shape index (κ2) is 7.32. The van der Waals surface area contributed by atoms with E-state index in [2.05, 4.69) is 15.1 Å². The molecule has 0 saturated carbocycles. The van der Waals surface area contributed by atoms with Gasteiger partial charge in [-0.15, -0.1) is 11.8 Å². The maximum atomic E-state index is 13.6. The SMILES string of the molecule is CCSc1c(-n2cc3cnc(C(F)(F)C(F)(F)F)cc3n2)nc2ccc(C(F)(F)F)cn12. The summed E-state index contributed by atoms with van der Waals surface area (Å²) in [6.07, 6.45) is -7.43. The monoisotopic (exact) mass is 481 g/mol. The van der Waals surface area contributed by atoms with Gasteiger partial charge in [-0.1, -0.05) is 6.92 Å². The molecular weight excluding hydrogens is 470 g/mol. The molecule has 14 heteroatoms. The fourth-order valence-electron chi connectivity index (χ4n) is 2.94. The van der Waals surface area contributed by atoms with Crippen LogP contribution in [-0.4, -0.2) is 36.1 Å². The zero-order valence-electron chi connectivity index (χ0n) is 15.8. The molecule has 0 aliphatic carbocycles. The van der Waals surface area contributed by atoms with Crippen LogP contribution in [0.4, 0.5) is 35.1 Å². The molecule has 4 rings (SSSR count). The minimum Gasteiger partial charge on any atom is -0.292 e. The van der Waals surface area contributed by atoms with Crippen LogP contribution in [-0.2, 0) is 12.1 Å². The lowest BCUT2D eigenvalue weighted by molar-refractivity contribution is -0.290. The first-order chi connectivity index (χ1) is 14.8. The molecule has 0 unspecified atom stereocenters. The van der Waals surface area contributed by atoms with Crippen molar-refractivity contribution in [3.05, 3.63) is 48.0 Å². The summed E-state index contributed by atoms with van der Waals surface area (Å²) in [7, 11) is 0. The molecule has 0 aliphatic heterocycles. The summed E-state index contributed by atoms with van der Waals surface area (Å²) in [6, 6.07) is 2.55. The van der Waals surface area contributed by atoms with Crippen LogP contribution in [0.3, 0.4) is 0 Å². The van der Waals surface area contributed by atoms with Gasteiger partial charge in [-0.25, -0.2) is 9.67 Å². The third kappa shape index (κ3) is 3.65. The van der Waals surface area contributed by atoms with E-state index in [1.165, 1.54) is 16.7 Å². The molecule has 0 fully saturated rings. The largest absolute Gasteiger partial charge is 0.459 e. The van der Waals surface area contributed by atoms with Crippen LogP contribution in [0, 0.1) is 0 Å². The van der Waals surface area contributed by atoms with E-state index in [1.54, 1.807) is 6.92 Å². The summed E-state index contributed by atoms with van der Waals surface area (Å²) in [5, 5.41) is 4.45. The second-order valence-electron chi connectivity index (χ2n) is 6.59. The maximum Gasteiger partial charge on any atom is 0.459 e. The first-order valence-corrected chi connectivity index (χ1v) is 9.84.